The highest BCUT2D eigenvalue weighted by atomic mass is 32.1. The molecule has 2 amide bonds. The van der Waals surface area contributed by atoms with Crippen molar-refractivity contribution in [2.75, 3.05) is 39.3 Å². The largest absolute Gasteiger partial charge is 0.355 e. The van der Waals surface area contributed by atoms with Crippen molar-refractivity contribution >= 4 is 23.2 Å². The molecule has 0 aromatic carbocycles. The van der Waals surface area contributed by atoms with Crippen LogP contribution in [0.3, 0.4) is 0 Å². The van der Waals surface area contributed by atoms with Crippen molar-refractivity contribution in [2.24, 2.45) is 0 Å². The van der Waals surface area contributed by atoms with Crippen LogP contribution in [0.25, 0.3) is 10.7 Å². The summed E-state index contributed by atoms with van der Waals surface area (Å²) in [5.41, 5.74) is 0. The van der Waals surface area contributed by atoms with Gasteiger partial charge in [-0.15, -0.1) is 11.3 Å². The van der Waals surface area contributed by atoms with Crippen molar-refractivity contribution in [2.45, 2.75) is 19.8 Å². The quantitative estimate of drug-likeness (QED) is 0.774. The average molecular weight is 377 g/mol. The van der Waals surface area contributed by atoms with Crippen LogP contribution in [0, 0.1) is 0 Å². The monoisotopic (exact) mass is 377 g/mol. The van der Waals surface area contributed by atoms with E-state index in [-0.39, 0.29) is 11.8 Å². The lowest BCUT2D eigenvalue weighted by Gasteiger charge is -2.34. The van der Waals surface area contributed by atoms with Gasteiger partial charge in [-0.2, -0.15) is 4.98 Å². The van der Waals surface area contributed by atoms with Gasteiger partial charge in [0.25, 0.3) is 0 Å². The van der Waals surface area contributed by atoms with Gasteiger partial charge >= 0.3 is 0 Å². The summed E-state index contributed by atoms with van der Waals surface area (Å²) in [7, 11) is 0. The van der Waals surface area contributed by atoms with Crippen LogP contribution in [-0.2, 0) is 16.0 Å². The van der Waals surface area contributed by atoms with Crippen molar-refractivity contribution in [1.82, 2.24) is 25.3 Å². The number of piperazine rings is 1. The third-order valence-electron chi connectivity index (χ3n) is 4.23. The topological polar surface area (TPSA) is 91.6 Å². The Morgan fingerprint density at radius 3 is 2.81 bits per heavy atom. The Bertz CT molecular complexity index is 723. The lowest BCUT2D eigenvalue weighted by atomic mass is 10.2. The lowest BCUT2D eigenvalue weighted by molar-refractivity contribution is -0.133. The molecule has 0 bridgehead atoms. The van der Waals surface area contributed by atoms with Gasteiger partial charge < -0.3 is 14.7 Å². The van der Waals surface area contributed by atoms with Crippen LogP contribution >= 0.6 is 11.3 Å². The van der Waals surface area contributed by atoms with E-state index in [1.807, 2.05) is 29.3 Å². The molecule has 1 aliphatic heterocycles. The van der Waals surface area contributed by atoms with Gasteiger partial charge in [-0.25, -0.2) is 0 Å². The van der Waals surface area contributed by atoms with Crippen molar-refractivity contribution in [3.05, 3.63) is 23.4 Å². The highest BCUT2D eigenvalue weighted by Crippen LogP contribution is 2.21. The first-order chi connectivity index (χ1) is 12.7. The van der Waals surface area contributed by atoms with E-state index in [1.165, 1.54) is 0 Å². The molecule has 1 aliphatic rings. The molecule has 26 heavy (non-hydrogen) atoms. The maximum absolute atomic E-state index is 12.4. The average Bonchev–Trinajstić information content (AvgIpc) is 3.32. The van der Waals surface area contributed by atoms with Crippen molar-refractivity contribution < 1.29 is 14.1 Å². The number of amides is 2. The van der Waals surface area contributed by atoms with Crippen LogP contribution in [-0.4, -0.2) is 71.0 Å². The first kappa shape index (κ1) is 18.5. The number of carbonyl (C=O) groups is 2. The zero-order chi connectivity index (χ0) is 18.4. The third kappa shape index (κ3) is 4.89. The highest BCUT2D eigenvalue weighted by molar-refractivity contribution is 7.13. The molecule has 0 saturated carbocycles. The Morgan fingerprint density at radius 2 is 2.12 bits per heavy atom. The molecule has 1 fully saturated rings. The van der Waals surface area contributed by atoms with Crippen molar-refractivity contribution in [1.29, 1.82) is 0 Å². The van der Waals surface area contributed by atoms with Gasteiger partial charge in [0.1, 0.15) is 0 Å². The van der Waals surface area contributed by atoms with Gasteiger partial charge in [0.05, 0.1) is 11.4 Å². The third-order valence-corrected chi connectivity index (χ3v) is 5.09. The van der Waals surface area contributed by atoms with E-state index in [4.69, 9.17) is 4.52 Å². The number of nitrogens with one attached hydrogen (secondary N) is 1. The van der Waals surface area contributed by atoms with Crippen LogP contribution < -0.4 is 5.32 Å². The number of aryl methyl sites for hydroxylation is 1. The predicted molar refractivity (Wildman–Crippen MR) is 97.6 cm³/mol. The first-order valence-electron chi connectivity index (χ1n) is 8.79. The molecule has 0 atom stereocenters. The highest BCUT2D eigenvalue weighted by Gasteiger charge is 2.22. The molecule has 8 nitrogen and oxygen atoms in total. The number of rotatable bonds is 7. The standard InChI is InChI=1S/C17H23N5O3S/c1-2-18-14(23)12-21-7-9-22(10-8-21)16(24)6-5-15-19-17(20-25-15)13-4-3-11-26-13/h3-4,11H,2,5-10,12H2,1H3,(H,18,23). The van der Waals surface area contributed by atoms with Crippen LogP contribution in [0.5, 0.6) is 0 Å². The molecular weight excluding hydrogens is 354 g/mol. The summed E-state index contributed by atoms with van der Waals surface area (Å²) in [6.45, 7) is 5.65. The van der Waals surface area contributed by atoms with Crippen LogP contribution in [0.4, 0.5) is 0 Å². The summed E-state index contributed by atoms with van der Waals surface area (Å²) < 4.78 is 5.23. The number of likely N-dealkylation sites (N-methyl/N-ethyl adjacent to an activating group) is 1. The lowest BCUT2D eigenvalue weighted by Crippen LogP contribution is -2.51. The van der Waals surface area contributed by atoms with Crippen LogP contribution in [0.15, 0.2) is 22.0 Å². The van der Waals surface area contributed by atoms with E-state index in [0.717, 1.165) is 4.88 Å². The fourth-order valence-electron chi connectivity index (χ4n) is 2.85. The zero-order valence-corrected chi connectivity index (χ0v) is 15.6. The van der Waals surface area contributed by atoms with E-state index < -0.39 is 0 Å². The number of hydrogen-bond donors (Lipinski definition) is 1. The van der Waals surface area contributed by atoms with Crippen LogP contribution in [0.2, 0.25) is 0 Å². The maximum atomic E-state index is 12.4. The van der Waals surface area contributed by atoms with E-state index in [0.29, 0.717) is 63.8 Å². The number of thiophene rings is 1. The molecule has 0 unspecified atom stereocenters. The molecular formula is C17H23N5O3S. The van der Waals surface area contributed by atoms with Crippen molar-refractivity contribution in [3.63, 3.8) is 0 Å². The molecule has 9 heteroatoms. The minimum atomic E-state index is 0.0326. The SMILES string of the molecule is CCNC(=O)CN1CCN(C(=O)CCc2nc(-c3cccs3)no2)CC1. The smallest absolute Gasteiger partial charge is 0.234 e. The molecule has 0 spiro atoms. The summed E-state index contributed by atoms with van der Waals surface area (Å²) in [6, 6.07) is 3.87. The minimum absolute atomic E-state index is 0.0326. The fourth-order valence-corrected chi connectivity index (χ4v) is 3.50. The van der Waals surface area contributed by atoms with Crippen molar-refractivity contribution in [3.8, 4) is 10.7 Å². The second-order valence-corrected chi connectivity index (χ2v) is 7.05. The molecule has 2 aromatic rings. The summed E-state index contributed by atoms with van der Waals surface area (Å²) >= 11 is 1.55. The second kappa shape index (κ2) is 8.91. The van der Waals surface area contributed by atoms with E-state index in [9.17, 15) is 9.59 Å². The van der Waals surface area contributed by atoms with Gasteiger partial charge in [-0.1, -0.05) is 11.2 Å². The minimum Gasteiger partial charge on any atom is -0.355 e. The Hall–Kier alpha value is -2.26. The molecule has 1 saturated heterocycles. The number of aromatic nitrogens is 2. The number of nitrogens with zero attached hydrogens (tertiary/aromatic N) is 4. The Kier molecular flexibility index (Phi) is 6.35. The Balaban J connectivity index is 1.41. The summed E-state index contributed by atoms with van der Waals surface area (Å²) in [5.74, 6) is 1.17. The second-order valence-electron chi connectivity index (χ2n) is 6.10. The van der Waals surface area contributed by atoms with E-state index in [1.54, 1.807) is 11.3 Å². The van der Waals surface area contributed by atoms with E-state index in [2.05, 4.69) is 20.4 Å². The molecule has 2 aromatic heterocycles. The van der Waals surface area contributed by atoms with Gasteiger partial charge in [0, 0.05) is 45.6 Å². The summed E-state index contributed by atoms with van der Waals surface area (Å²) in [4.78, 5) is 33.2. The van der Waals surface area contributed by atoms with Crippen LogP contribution in [0.1, 0.15) is 19.2 Å². The maximum Gasteiger partial charge on any atom is 0.234 e. The molecule has 0 radical (unpaired) electrons. The van der Waals surface area contributed by atoms with E-state index >= 15 is 0 Å². The van der Waals surface area contributed by atoms with Gasteiger partial charge in [-0.3, -0.25) is 14.5 Å². The normalized spacial score (nSPS) is 15.2. The van der Waals surface area contributed by atoms with Gasteiger partial charge in [0.15, 0.2) is 0 Å². The summed E-state index contributed by atoms with van der Waals surface area (Å²) in [5, 5.41) is 8.71. The van der Waals surface area contributed by atoms with Gasteiger partial charge in [-0.05, 0) is 18.4 Å². The summed E-state index contributed by atoms with van der Waals surface area (Å²) in [6.07, 6.45) is 0.790. The predicted octanol–water partition coefficient (Wildman–Crippen LogP) is 1.01. The fraction of sp³-hybridized carbons (Fsp3) is 0.529. The first-order valence-corrected chi connectivity index (χ1v) is 9.67. The number of hydrogen-bond acceptors (Lipinski definition) is 7. The zero-order valence-electron chi connectivity index (χ0n) is 14.8. The molecule has 140 valence electrons. The molecule has 1 N–H and O–H groups in total. The molecule has 3 heterocycles. The molecule has 0 aliphatic carbocycles. The Labute approximate surface area is 156 Å². The molecule has 3 rings (SSSR count). The van der Waals surface area contributed by atoms with Gasteiger partial charge in [0.2, 0.25) is 23.5 Å². The number of carbonyl (C=O) groups excluding carboxylic acids is 2. The Morgan fingerprint density at radius 1 is 1.31 bits per heavy atom.